The van der Waals surface area contributed by atoms with Crippen LogP contribution < -0.4 is 21.9 Å². The molecule has 0 bridgehead atoms. The van der Waals surface area contributed by atoms with E-state index >= 15 is 0 Å². The Morgan fingerprint density at radius 3 is 2.00 bits per heavy atom. The number of carbonyl (C=O) groups excluding carboxylic acids is 1. The molecule has 1 saturated heterocycles. The van der Waals surface area contributed by atoms with Crippen molar-refractivity contribution in [2.75, 3.05) is 14.1 Å². The molecule has 10 heavy (non-hydrogen) atoms. The highest BCUT2D eigenvalue weighted by atomic mass is 79.9. The Labute approximate surface area is 71.1 Å². The van der Waals surface area contributed by atoms with Gasteiger partial charge in [-0.2, -0.15) is 0 Å². The van der Waals surface area contributed by atoms with E-state index in [0.717, 1.165) is 4.90 Å². The fourth-order valence-electron chi connectivity index (χ4n) is 0.745. The number of ether oxygens (including phenoxy) is 1. The lowest BCUT2D eigenvalue weighted by Crippen LogP contribution is -3.09. The largest absolute Gasteiger partial charge is 1.00 e. The summed E-state index contributed by atoms with van der Waals surface area (Å²) >= 11 is 0. The minimum Gasteiger partial charge on any atom is -1.00 e. The number of hydrogen-bond acceptors (Lipinski definition) is 2. The highest BCUT2D eigenvalue weighted by Crippen LogP contribution is 2.19. The number of hydrogen-bond donors (Lipinski definition) is 1. The number of carbonyl (C=O) groups is 1. The van der Waals surface area contributed by atoms with Crippen molar-refractivity contribution < 1.29 is 31.4 Å². The second-order valence-corrected chi connectivity index (χ2v) is 2.63. The summed E-state index contributed by atoms with van der Waals surface area (Å²) in [5.41, 5.74) is 0. The summed E-state index contributed by atoms with van der Waals surface area (Å²) in [7, 11) is 3.63. The van der Waals surface area contributed by atoms with Crippen LogP contribution in [0.15, 0.2) is 0 Å². The second-order valence-electron chi connectivity index (χ2n) is 2.63. The molecule has 3 nitrogen and oxygen atoms in total. The van der Waals surface area contributed by atoms with Crippen LogP contribution >= 0.6 is 0 Å². The molecule has 0 saturated carbocycles. The van der Waals surface area contributed by atoms with Gasteiger partial charge in [-0.15, -0.1) is 0 Å². The predicted molar refractivity (Wildman–Crippen MR) is 32.2 cm³/mol. The molecule has 0 aromatic heterocycles. The van der Waals surface area contributed by atoms with Crippen molar-refractivity contribution in [3.63, 3.8) is 0 Å². The van der Waals surface area contributed by atoms with Crippen LogP contribution in [-0.2, 0) is 9.53 Å². The number of nitrogens with one attached hydrogen (secondary N) is 1. The van der Waals surface area contributed by atoms with Crippen LogP contribution in [0.5, 0.6) is 0 Å². The lowest BCUT2D eigenvalue weighted by molar-refractivity contribution is -0.775. The molecule has 0 aliphatic carbocycles. The Hall–Kier alpha value is 0.0700. The number of likely N-dealkylation sites (N-methyl/N-ethyl adjacent to an activating group) is 1. The molecule has 1 heterocycles. The Morgan fingerprint density at radius 2 is 1.90 bits per heavy atom. The Kier molecular flexibility index (Phi) is 3.48. The van der Waals surface area contributed by atoms with Crippen molar-refractivity contribution >= 4 is 5.91 Å². The minimum atomic E-state index is -0.116. The van der Waals surface area contributed by atoms with E-state index < -0.39 is 0 Å². The number of epoxide rings is 1. The van der Waals surface area contributed by atoms with E-state index in [2.05, 4.69) is 0 Å². The Bertz CT molecular complexity index is 138. The first kappa shape index (κ1) is 10.1. The van der Waals surface area contributed by atoms with Gasteiger partial charge < -0.3 is 21.7 Å². The Balaban J connectivity index is 0.000000810. The molecule has 1 N–H and O–H groups in total. The van der Waals surface area contributed by atoms with Crippen LogP contribution in [-0.4, -0.2) is 32.2 Å². The summed E-state index contributed by atoms with van der Waals surface area (Å²) in [5.74, 6) is 0.155. The summed E-state index contributed by atoms with van der Waals surface area (Å²) in [6.07, 6.45) is 0.0439. The van der Waals surface area contributed by atoms with Gasteiger partial charge in [0.25, 0.3) is 0 Å². The summed E-state index contributed by atoms with van der Waals surface area (Å²) in [6.45, 7) is 1.91. The van der Waals surface area contributed by atoms with Gasteiger partial charge in [0.1, 0.15) is 0 Å². The topological polar surface area (TPSA) is 34.0 Å². The third-order valence-corrected chi connectivity index (χ3v) is 1.46. The van der Waals surface area contributed by atoms with Gasteiger partial charge in [0.15, 0.2) is 6.10 Å². The summed E-state index contributed by atoms with van der Waals surface area (Å²) < 4.78 is 4.97. The zero-order valence-corrected chi connectivity index (χ0v) is 7.94. The third kappa shape index (κ3) is 2.04. The highest BCUT2D eigenvalue weighted by molar-refractivity contribution is 5.75. The van der Waals surface area contributed by atoms with Crippen molar-refractivity contribution in [3.8, 4) is 0 Å². The molecule has 1 amide bonds. The lowest BCUT2D eigenvalue weighted by Gasteiger charge is -1.99. The van der Waals surface area contributed by atoms with Crippen LogP contribution in [0.25, 0.3) is 0 Å². The van der Waals surface area contributed by atoms with Crippen molar-refractivity contribution in [1.82, 2.24) is 0 Å². The molecule has 0 aromatic rings. The molecule has 0 aromatic carbocycles. The first-order valence-corrected chi connectivity index (χ1v) is 3.12. The van der Waals surface area contributed by atoms with E-state index in [1.807, 2.05) is 21.0 Å². The zero-order valence-electron chi connectivity index (χ0n) is 6.35. The molecule has 2 atom stereocenters. The Morgan fingerprint density at radius 1 is 1.50 bits per heavy atom. The monoisotopic (exact) mass is 209 g/mol. The number of rotatable bonds is 1. The average molecular weight is 210 g/mol. The van der Waals surface area contributed by atoms with E-state index in [9.17, 15) is 4.79 Å². The van der Waals surface area contributed by atoms with Gasteiger partial charge in [0, 0.05) is 0 Å². The maximum absolute atomic E-state index is 11.0. The standard InChI is InChI=1S/C6H11NO2.BrH/c1-4-5(9-4)6(8)7(2)3;/h4-5H,1-3H3;1H. The van der Waals surface area contributed by atoms with E-state index in [1.54, 1.807) is 0 Å². The molecule has 4 heteroatoms. The number of quaternary nitrogens is 1. The first-order valence-electron chi connectivity index (χ1n) is 3.12. The van der Waals surface area contributed by atoms with Gasteiger partial charge in [0.2, 0.25) is 0 Å². The van der Waals surface area contributed by atoms with Crippen molar-refractivity contribution in [2.24, 2.45) is 0 Å². The molecule has 1 aliphatic heterocycles. The molecule has 2 unspecified atom stereocenters. The maximum atomic E-state index is 11.0. The quantitative estimate of drug-likeness (QED) is 0.442. The molecule has 0 spiro atoms. The van der Waals surface area contributed by atoms with E-state index in [4.69, 9.17) is 4.74 Å². The smallest absolute Gasteiger partial charge is 0.343 e. The van der Waals surface area contributed by atoms with Gasteiger partial charge in [-0.05, 0) is 6.92 Å². The van der Waals surface area contributed by atoms with Crippen molar-refractivity contribution in [2.45, 2.75) is 19.1 Å². The van der Waals surface area contributed by atoms with Crippen LogP contribution in [0.3, 0.4) is 0 Å². The molecular weight excluding hydrogens is 198 g/mol. The van der Waals surface area contributed by atoms with E-state index in [0.29, 0.717) is 0 Å². The van der Waals surface area contributed by atoms with Crippen LogP contribution in [0.1, 0.15) is 6.92 Å². The molecule has 1 rings (SSSR count). The van der Waals surface area contributed by atoms with Crippen LogP contribution in [0, 0.1) is 0 Å². The highest BCUT2D eigenvalue weighted by Gasteiger charge is 2.45. The summed E-state index contributed by atoms with van der Waals surface area (Å²) in [5, 5.41) is 0. The van der Waals surface area contributed by atoms with Crippen molar-refractivity contribution in [1.29, 1.82) is 0 Å². The second kappa shape index (κ2) is 3.46. The normalized spacial score (nSPS) is 29.6. The van der Waals surface area contributed by atoms with E-state index in [1.165, 1.54) is 0 Å². The van der Waals surface area contributed by atoms with E-state index in [-0.39, 0.29) is 35.1 Å². The summed E-state index contributed by atoms with van der Waals surface area (Å²) in [6, 6.07) is 0. The van der Waals surface area contributed by atoms with Gasteiger partial charge in [0.05, 0.1) is 20.2 Å². The fourth-order valence-corrected chi connectivity index (χ4v) is 0.745. The first-order chi connectivity index (χ1) is 4.13. The molecule has 1 fully saturated rings. The third-order valence-electron chi connectivity index (χ3n) is 1.46. The zero-order chi connectivity index (χ0) is 7.02. The molecule has 60 valence electrons. The number of halogens is 1. The SMILES string of the molecule is CC1OC1C(=O)[NH+](C)C.[Br-]. The average Bonchev–Trinajstić information content (AvgIpc) is 2.44. The predicted octanol–water partition coefficient (Wildman–Crippen LogP) is -4.55. The lowest BCUT2D eigenvalue weighted by atomic mass is 10.3. The summed E-state index contributed by atoms with van der Waals surface area (Å²) in [4.78, 5) is 11.8. The van der Waals surface area contributed by atoms with Gasteiger partial charge in [-0.3, -0.25) is 4.90 Å². The maximum Gasteiger partial charge on any atom is 0.343 e. The van der Waals surface area contributed by atoms with Gasteiger partial charge in [-0.25, -0.2) is 4.79 Å². The van der Waals surface area contributed by atoms with Crippen LogP contribution in [0.4, 0.5) is 0 Å². The van der Waals surface area contributed by atoms with Gasteiger partial charge >= 0.3 is 5.91 Å². The number of amides is 1. The fraction of sp³-hybridized carbons (Fsp3) is 0.833. The molecule has 0 radical (unpaired) electrons. The molecule has 1 aliphatic rings. The molecular formula is C6H12BrNO2. The minimum absolute atomic E-state index is 0. The van der Waals surface area contributed by atoms with Crippen molar-refractivity contribution in [3.05, 3.63) is 0 Å². The van der Waals surface area contributed by atoms with Gasteiger partial charge in [-0.1, -0.05) is 0 Å². The van der Waals surface area contributed by atoms with Crippen LogP contribution in [0.2, 0.25) is 0 Å².